The largest absolute Gasteiger partial charge is 0.480 e. The number of aromatic nitrogens is 1. The van der Waals surface area contributed by atoms with Crippen LogP contribution in [-0.2, 0) is 11.2 Å². The highest BCUT2D eigenvalue weighted by molar-refractivity contribution is 7.99. The maximum absolute atomic E-state index is 12.6. The molecule has 1 unspecified atom stereocenters. The monoisotopic (exact) mass is 328 g/mol. The molecule has 1 N–H and O–H groups in total. The molecular formula is C14H17ClN2O3S. The standard InChI is InChI=1S/C14H17ClN2O3S/c1-2-3-10-6-9(7-12(15)16-10)13(18)17-4-5-21-8-11(17)14(19)20/h6-7,11H,2-5,8H2,1H3,(H,19,20). The fourth-order valence-corrected chi connectivity index (χ4v) is 3.54. The quantitative estimate of drug-likeness (QED) is 0.859. The maximum atomic E-state index is 12.6. The van der Waals surface area contributed by atoms with Crippen LogP contribution in [0.2, 0.25) is 5.15 Å². The molecule has 0 bridgehead atoms. The van der Waals surface area contributed by atoms with Crippen LogP contribution in [0.15, 0.2) is 12.1 Å². The fraction of sp³-hybridized carbons (Fsp3) is 0.500. The van der Waals surface area contributed by atoms with Gasteiger partial charge in [-0.05, 0) is 18.6 Å². The Morgan fingerprint density at radius 1 is 1.52 bits per heavy atom. The third-order valence-corrected chi connectivity index (χ3v) is 4.49. The molecule has 5 nitrogen and oxygen atoms in total. The van der Waals surface area contributed by atoms with E-state index >= 15 is 0 Å². The average molecular weight is 329 g/mol. The molecule has 1 saturated heterocycles. The van der Waals surface area contributed by atoms with Crippen molar-refractivity contribution in [3.63, 3.8) is 0 Å². The molecule has 0 radical (unpaired) electrons. The van der Waals surface area contributed by atoms with E-state index in [-0.39, 0.29) is 11.1 Å². The minimum absolute atomic E-state index is 0.266. The Balaban J connectivity index is 2.27. The first-order chi connectivity index (χ1) is 10.0. The number of carbonyl (C=O) groups excluding carboxylic acids is 1. The van der Waals surface area contributed by atoms with Gasteiger partial charge in [-0.1, -0.05) is 24.9 Å². The molecule has 2 rings (SSSR count). The van der Waals surface area contributed by atoms with Crippen molar-refractivity contribution in [2.24, 2.45) is 0 Å². The first-order valence-corrected chi connectivity index (χ1v) is 8.34. The zero-order valence-electron chi connectivity index (χ0n) is 11.7. The second kappa shape index (κ2) is 7.13. The zero-order valence-corrected chi connectivity index (χ0v) is 13.3. The molecular weight excluding hydrogens is 312 g/mol. The van der Waals surface area contributed by atoms with Crippen molar-refractivity contribution in [1.82, 2.24) is 9.88 Å². The normalized spacial score (nSPS) is 18.6. The molecule has 1 aliphatic rings. The summed E-state index contributed by atoms with van der Waals surface area (Å²) in [6, 6.07) is 2.43. The number of nitrogens with zero attached hydrogens (tertiary/aromatic N) is 2. The van der Waals surface area contributed by atoms with Crippen LogP contribution in [0, 0.1) is 0 Å². The number of halogens is 1. The van der Waals surface area contributed by atoms with Gasteiger partial charge >= 0.3 is 5.97 Å². The first kappa shape index (κ1) is 16.1. The number of aliphatic carboxylic acids is 1. The predicted octanol–water partition coefficient (Wildman–Crippen LogP) is 2.33. The molecule has 21 heavy (non-hydrogen) atoms. The van der Waals surface area contributed by atoms with E-state index in [4.69, 9.17) is 11.6 Å². The highest BCUT2D eigenvalue weighted by Gasteiger charge is 2.33. The Hall–Kier alpha value is -1.27. The Kier molecular flexibility index (Phi) is 5.47. The van der Waals surface area contributed by atoms with Crippen molar-refractivity contribution in [3.8, 4) is 0 Å². The molecule has 0 aliphatic carbocycles. The Morgan fingerprint density at radius 2 is 2.29 bits per heavy atom. The topological polar surface area (TPSA) is 70.5 Å². The minimum Gasteiger partial charge on any atom is -0.480 e. The lowest BCUT2D eigenvalue weighted by atomic mass is 10.1. The molecule has 0 aromatic carbocycles. The summed E-state index contributed by atoms with van der Waals surface area (Å²) in [5.74, 6) is -0.0912. The highest BCUT2D eigenvalue weighted by Crippen LogP contribution is 2.21. The van der Waals surface area contributed by atoms with Gasteiger partial charge in [0, 0.05) is 29.3 Å². The van der Waals surface area contributed by atoms with Gasteiger partial charge in [-0.15, -0.1) is 0 Å². The van der Waals surface area contributed by atoms with Gasteiger partial charge in [-0.25, -0.2) is 9.78 Å². The SMILES string of the molecule is CCCc1cc(C(=O)N2CCSCC2C(=O)O)cc(Cl)n1. The van der Waals surface area contributed by atoms with E-state index in [9.17, 15) is 14.7 Å². The summed E-state index contributed by atoms with van der Waals surface area (Å²) in [7, 11) is 0. The van der Waals surface area contributed by atoms with E-state index in [1.807, 2.05) is 6.92 Å². The summed E-state index contributed by atoms with van der Waals surface area (Å²) < 4.78 is 0. The lowest BCUT2D eigenvalue weighted by Crippen LogP contribution is -2.50. The molecule has 0 spiro atoms. The van der Waals surface area contributed by atoms with Crippen molar-refractivity contribution in [2.45, 2.75) is 25.8 Å². The van der Waals surface area contributed by atoms with Crippen LogP contribution >= 0.6 is 23.4 Å². The van der Waals surface area contributed by atoms with Gasteiger partial charge in [0.1, 0.15) is 11.2 Å². The zero-order chi connectivity index (χ0) is 15.4. The molecule has 1 aromatic rings. The number of carboxylic acid groups (broad SMARTS) is 1. The van der Waals surface area contributed by atoms with Crippen LogP contribution in [0.5, 0.6) is 0 Å². The summed E-state index contributed by atoms with van der Waals surface area (Å²) >= 11 is 7.51. The molecule has 1 aromatic heterocycles. The lowest BCUT2D eigenvalue weighted by Gasteiger charge is -2.32. The number of aryl methyl sites for hydroxylation is 1. The number of amides is 1. The fourth-order valence-electron chi connectivity index (χ4n) is 2.28. The molecule has 1 aliphatic heterocycles. The van der Waals surface area contributed by atoms with Crippen molar-refractivity contribution in [1.29, 1.82) is 0 Å². The molecule has 114 valence electrons. The van der Waals surface area contributed by atoms with Crippen LogP contribution in [0.1, 0.15) is 29.4 Å². The predicted molar refractivity (Wildman–Crippen MR) is 83.0 cm³/mol. The van der Waals surface area contributed by atoms with Gasteiger partial charge in [0.15, 0.2) is 0 Å². The Labute approximate surface area is 132 Å². The van der Waals surface area contributed by atoms with E-state index in [1.54, 1.807) is 17.8 Å². The molecule has 1 amide bonds. The third kappa shape index (κ3) is 3.89. The molecule has 2 heterocycles. The number of pyridine rings is 1. The van der Waals surface area contributed by atoms with Crippen LogP contribution < -0.4 is 0 Å². The van der Waals surface area contributed by atoms with Gasteiger partial charge in [0.25, 0.3) is 5.91 Å². The van der Waals surface area contributed by atoms with Gasteiger partial charge in [0.05, 0.1) is 0 Å². The van der Waals surface area contributed by atoms with E-state index < -0.39 is 12.0 Å². The van der Waals surface area contributed by atoms with Crippen LogP contribution in [0.25, 0.3) is 0 Å². The number of carbonyl (C=O) groups is 2. The van der Waals surface area contributed by atoms with E-state index in [0.717, 1.165) is 24.3 Å². The van der Waals surface area contributed by atoms with Crippen molar-refractivity contribution >= 4 is 35.2 Å². The molecule has 1 atom stereocenters. The van der Waals surface area contributed by atoms with Gasteiger partial charge < -0.3 is 10.0 Å². The smallest absolute Gasteiger partial charge is 0.327 e. The summed E-state index contributed by atoms with van der Waals surface area (Å²) in [4.78, 5) is 29.5. The second-order valence-electron chi connectivity index (χ2n) is 4.85. The van der Waals surface area contributed by atoms with Crippen LogP contribution in [0.3, 0.4) is 0 Å². The number of hydrogen-bond acceptors (Lipinski definition) is 4. The van der Waals surface area contributed by atoms with Crippen molar-refractivity contribution < 1.29 is 14.7 Å². The van der Waals surface area contributed by atoms with E-state index in [2.05, 4.69) is 4.98 Å². The van der Waals surface area contributed by atoms with Gasteiger partial charge in [-0.3, -0.25) is 4.79 Å². The lowest BCUT2D eigenvalue weighted by molar-refractivity contribution is -0.141. The summed E-state index contributed by atoms with van der Waals surface area (Å²) in [6.45, 7) is 2.45. The third-order valence-electron chi connectivity index (χ3n) is 3.27. The Bertz CT molecular complexity index is 553. The van der Waals surface area contributed by atoms with E-state index in [0.29, 0.717) is 17.9 Å². The summed E-state index contributed by atoms with van der Waals surface area (Å²) in [5, 5.41) is 9.52. The molecule has 7 heteroatoms. The summed E-state index contributed by atoms with van der Waals surface area (Å²) in [5.41, 5.74) is 1.17. The number of thioether (sulfide) groups is 1. The minimum atomic E-state index is -0.968. The van der Waals surface area contributed by atoms with Crippen molar-refractivity contribution in [3.05, 3.63) is 28.5 Å². The average Bonchev–Trinajstić information content (AvgIpc) is 2.46. The number of hydrogen-bond donors (Lipinski definition) is 1. The van der Waals surface area contributed by atoms with E-state index in [1.165, 1.54) is 11.0 Å². The number of carboxylic acids is 1. The number of rotatable bonds is 4. The maximum Gasteiger partial charge on any atom is 0.327 e. The second-order valence-corrected chi connectivity index (χ2v) is 6.38. The molecule has 0 saturated carbocycles. The first-order valence-electron chi connectivity index (χ1n) is 6.81. The van der Waals surface area contributed by atoms with Gasteiger partial charge in [0.2, 0.25) is 0 Å². The van der Waals surface area contributed by atoms with Crippen LogP contribution in [-0.4, -0.2) is 51.0 Å². The Morgan fingerprint density at radius 3 is 2.95 bits per heavy atom. The summed E-state index contributed by atoms with van der Waals surface area (Å²) in [6.07, 6.45) is 1.64. The van der Waals surface area contributed by atoms with Crippen LogP contribution in [0.4, 0.5) is 0 Å². The molecule has 1 fully saturated rings. The van der Waals surface area contributed by atoms with Crippen molar-refractivity contribution in [2.75, 3.05) is 18.1 Å². The van der Waals surface area contributed by atoms with Gasteiger partial charge in [-0.2, -0.15) is 11.8 Å². The highest BCUT2D eigenvalue weighted by atomic mass is 35.5.